The van der Waals surface area contributed by atoms with Gasteiger partial charge in [0, 0.05) is 0 Å². The van der Waals surface area contributed by atoms with Crippen molar-refractivity contribution in [2.24, 2.45) is 0 Å². The van der Waals surface area contributed by atoms with Gasteiger partial charge >= 0.3 is 0 Å². The average molecular weight is 459 g/mol. The standard InChI is InChI=1S/C27H30N4O3/c1-16-9-7-11-22(13-16)14-31-20(5)25(19(4)29-31)28-27(32)26-23(21(6)34-30-26)15-33-24-12-8-10-17(2)18(24)3/h7-13H,14-15H2,1-6H3,(H,28,32). The molecule has 0 saturated carbocycles. The summed E-state index contributed by atoms with van der Waals surface area (Å²) in [6, 6.07) is 14.2. The Morgan fingerprint density at radius 2 is 1.82 bits per heavy atom. The fourth-order valence-electron chi connectivity index (χ4n) is 3.96. The molecule has 0 fully saturated rings. The van der Waals surface area contributed by atoms with Crippen LogP contribution >= 0.6 is 0 Å². The van der Waals surface area contributed by atoms with E-state index in [1.807, 2.05) is 56.6 Å². The zero-order valence-corrected chi connectivity index (χ0v) is 20.5. The van der Waals surface area contributed by atoms with E-state index in [1.54, 1.807) is 6.92 Å². The van der Waals surface area contributed by atoms with Crippen molar-refractivity contribution in [1.82, 2.24) is 14.9 Å². The number of carbonyl (C=O) groups is 1. The van der Waals surface area contributed by atoms with Crippen molar-refractivity contribution >= 4 is 11.6 Å². The lowest BCUT2D eigenvalue weighted by Gasteiger charge is -2.11. The fraction of sp³-hybridized carbons (Fsp3) is 0.296. The molecule has 2 aromatic carbocycles. The van der Waals surface area contributed by atoms with Crippen molar-refractivity contribution in [1.29, 1.82) is 0 Å². The number of ether oxygens (including phenoxy) is 1. The normalized spacial score (nSPS) is 11.0. The van der Waals surface area contributed by atoms with E-state index in [0.717, 1.165) is 33.8 Å². The second-order valence-electron chi connectivity index (χ2n) is 8.70. The van der Waals surface area contributed by atoms with Crippen molar-refractivity contribution in [2.45, 2.75) is 54.7 Å². The number of aryl methyl sites for hydroxylation is 4. The zero-order valence-electron chi connectivity index (χ0n) is 20.5. The Morgan fingerprint density at radius 1 is 1.06 bits per heavy atom. The minimum Gasteiger partial charge on any atom is -0.488 e. The first-order chi connectivity index (χ1) is 16.2. The third-order valence-corrected chi connectivity index (χ3v) is 6.16. The van der Waals surface area contributed by atoms with E-state index < -0.39 is 0 Å². The molecule has 0 unspecified atom stereocenters. The highest BCUT2D eigenvalue weighted by Gasteiger charge is 2.23. The van der Waals surface area contributed by atoms with Gasteiger partial charge in [0.1, 0.15) is 18.1 Å². The first-order valence-electron chi connectivity index (χ1n) is 11.3. The summed E-state index contributed by atoms with van der Waals surface area (Å²) >= 11 is 0. The summed E-state index contributed by atoms with van der Waals surface area (Å²) in [5.41, 5.74) is 7.70. The van der Waals surface area contributed by atoms with Crippen LogP contribution in [-0.2, 0) is 13.2 Å². The maximum atomic E-state index is 13.2. The predicted molar refractivity (Wildman–Crippen MR) is 131 cm³/mol. The van der Waals surface area contributed by atoms with Crippen LogP contribution in [-0.4, -0.2) is 20.8 Å². The summed E-state index contributed by atoms with van der Waals surface area (Å²) in [5.74, 6) is 0.979. The van der Waals surface area contributed by atoms with Gasteiger partial charge < -0.3 is 14.6 Å². The molecule has 0 bridgehead atoms. The van der Waals surface area contributed by atoms with Gasteiger partial charge in [-0.25, -0.2) is 0 Å². The van der Waals surface area contributed by atoms with Gasteiger partial charge in [-0.1, -0.05) is 47.1 Å². The van der Waals surface area contributed by atoms with Crippen LogP contribution in [0.3, 0.4) is 0 Å². The monoisotopic (exact) mass is 458 g/mol. The highest BCUT2D eigenvalue weighted by Crippen LogP contribution is 2.25. The minimum absolute atomic E-state index is 0.187. The molecule has 0 aliphatic carbocycles. The van der Waals surface area contributed by atoms with Crippen molar-refractivity contribution in [3.05, 3.63) is 93.1 Å². The Bertz CT molecular complexity index is 1350. The van der Waals surface area contributed by atoms with Gasteiger partial charge in [0.25, 0.3) is 5.91 Å². The van der Waals surface area contributed by atoms with Gasteiger partial charge in [0.15, 0.2) is 5.69 Å². The Hall–Kier alpha value is -3.87. The van der Waals surface area contributed by atoms with E-state index in [2.05, 4.69) is 40.7 Å². The number of rotatable bonds is 7. The Balaban J connectivity index is 1.52. The van der Waals surface area contributed by atoms with Crippen LogP contribution in [0, 0.1) is 41.5 Å². The second-order valence-corrected chi connectivity index (χ2v) is 8.70. The molecule has 0 aliphatic heterocycles. The van der Waals surface area contributed by atoms with E-state index >= 15 is 0 Å². The smallest absolute Gasteiger partial charge is 0.278 e. The number of benzene rings is 2. The van der Waals surface area contributed by atoms with Gasteiger partial charge in [0.05, 0.1) is 29.2 Å². The molecule has 1 N–H and O–H groups in total. The highest BCUT2D eigenvalue weighted by atomic mass is 16.5. The summed E-state index contributed by atoms with van der Waals surface area (Å²) in [7, 11) is 0. The molecule has 0 radical (unpaired) electrons. The van der Waals surface area contributed by atoms with Crippen molar-refractivity contribution in [2.75, 3.05) is 5.32 Å². The lowest BCUT2D eigenvalue weighted by molar-refractivity contribution is 0.101. The Labute approximate surface area is 199 Å². The first kappa shape index (κ1) is 23.3. The zero-order chi connectivity index (χ0) is 24.4. The molecule has 7 nitrogen and oxygen atoms in total. The van der Waals surface area contributed by atoms with Gasteiger partial charge in [-0.05, 0) is 64.3 Å². The molecule has 0 aliphatic rings. The maximum absolute atomic E-state index is 13.2. The number of aromatic nitrogens is 3. The van der Waals surface area contributed by atoms with Crippen LogP contribution in [0.4, 0.5) is 5.69 Å². The van der Waals surface area contributed by atoms with Crippen LogP contribution in [0.2, 0.25) is 0 Å². The van der Waals surface area contributed by atoms with Crippen LogP contribution in [0.5, 0.6) is 5.75 Å². The molecular formula is C27H30N4O3. The minimum atomic E-state index is -0.349. The summed E-state index contributed by atoms with van der Waals surface area (Å²) in [4.78, 5) is 13.2. The molecule has 4 rings (SSSR count). The quantitative estimate of drug-likeness (QED) is 0.390. The highest BCUT2D eigenvalue weighted by molar-refractivity contribution is 6.04. The molecule has 2 aromatic heterocycles. The van der Waals surface area contributed by atoms with E-state index in [4.69, 9.17) is 9.26 Å². The lowest BCUT2D eigenvalue weighted by atomic mass is 10.1. The number of hydrogen-bond acceptors (Lipinski definition) is 5. The molecule has 1 amide bonds. The van der Waals surface area contributed by atoms with E-state index in [-0.39, 0.29) is 18.2 Å². The van der Waals surface area contributed by atoms with Gasteiger partial charge in [-0.15, -0.1) is 0 Å². The largest absolute Gasteiger partial charge is 0.488 e. The third-order valence-electron chi connectivity index (χ3n) is 6.16. The molecular weight excluding hydrogens is 428 g/mol. The lowest BCUT2D eigenvalue weighted by Crippen LogP contribution is -2.16. The van der Waals surface area contributed by atoms with Gasteiger partial charge in [0.2, 0.25) is 0 Å². The number of anilines is 1. The number of carbonyl (C=O) groups excluding carboxylic acids is 1. The summed E-state index contributed by atoms with van der Waals surface area (Å²) < 4.78 is 13.3. The summed E-state index contributed by atoms with van der Waals surface area (Å²) in [5, 5.41) is 11.6. The number of nitrogens with zero attached hydrogens (tertiary/aromatic N) is 3. The van der Waals surface area contributed by atoms with Crippen molar-refractivity contribution < 1.29 is 14.1 Å². The predicted octanol–water partition coefficient (Wildman–Crippen LogP) is 5.60. The fourth-order valence-corrected chi connectivity index (χ4v) is 3.96. The van der Waals surface area contributed by atoms with E-state index in [9.17, 15) is 4.79 Å². The molecule has 0 saturated heterocycles. The van der Waals surface area contributed by atoms with Gasteiger partial charge in [-0.3, -0.25) is 9.48 Å². The summed E-state index contributed by atoms with van der Waals surface area (Å²) in [6.45, 7) is 12.5. The third kappa shape index (κ3) is 4.73. The number of nitrogens with one attached hydrogen (secondary N) is 1. The molecule has 34 heavy (non-hydrogen) atoms. The number of hydrogen-bond donors (Lipinski definition) is 1. The average Bonchev–Trinajstić information content (AvgIpc) is 3.29. The summed E-state index contributed by atoms with van der Waals surface area (Å²) in [6.07, 6.45) is 0. The van der Waals surface area contributed by atoms with Crippen LogP contribution in [0.25, 0.3) is 0 Å². The van der Waals surface area contributed by atoms with Gasteiger partial charge in [-0.2, -0.15) is 5.10 Å². The number of amides is 1. The first-order valence-corrected chi connectivity index (χ1v) is 11.3. The Kier molecular flexibility index (Phi) is 6.54. The Morgan fingerprint density at radius 3 is 2.59 bits per heavy atom. The molecule has 2 heterocycles. The van der Waals surface area contributed by atoms with Crippen molar-refractivity contribution in [3.8, 4) is 5.75 Å². The van der Waals surface area contributed by atoms with E-state index in [0.29, 0.717) is 23.6 Å². The molecule has 0 spiro atoms. The SMILES string of the molecule is Cc1cccc(Cn2nc(C)c(NC(=O)c3noc(C)c3COc3cccc(C)c3C)c2C)c1. The topological polar surface area (TPSA) is 82.2 Å². The maximum Gasteiger partial charge on any atom is 0.278 e. The molecule has 176 valence electrons. The molecule has 0 atom stereocenters. The van der Waals surface area contributed by atoms with Crippen LogP contribution in [0.15, 0.2) is 47.0 Å². The van der Waals surface area contributed by atoms with Crippen LogP contribution in [0.1, 0.15) is 55.5 Å². The van der Waals surface area contributed by atoms with Crippen LogP contribution < -0.4 is 10.1 Å². The molecule has 7 heteroatoms. The van der Waals surface area contributed by atoms with Crippen molar-refractivity contribution in [3.63, 3.8) is 0 Å². The van der Waals surface area contributed by atoms with E-state index in [1.165, 1.54) is 5.56 Å². The molecule has 4 aromatic rings. The second kappa shape index (κ2) is 9.55.